The Balaban J connectivity index is 0.00000420. The van der Waals surface area contributed by atoms with E-state index in [1.807, 2.05) is 0 Å². The zero-order valence-electron chi connectivity index (χ0n) is 18.0. The highest BCUT2D eigenvalue weighted by molar-refractivity contribution is 14.0. The van der Waals surface area contributed by atoms with Crippen LogP contribution in [0.1, 0.15) is 39.2 Å². The van der Waals surface area contributed by atoms with Crippen molar-refractivity contribution < 1.29 is 8.42 Å². The van der Waals surface area contributed by atoms with Crippen LogP contribution in [0, 0.1) is 0 Å². The molecule has 0 aliphatic carbocycles. The molecule has 2 N–H and O–H groups in total. The number of hydrogen-bond acceptors (Lipinski definition) is 4. The topological polar surface area (TPSA) is 73.8 Å². The molecule has 0 atom stereocenters. The Morgan fingerprint density at radius 2 is 1.69 bits per heavy atom. The first kappa shape index (κ1) is 26.2. The number of guanidine groups is 1. The van der Waals surface area contributed by atoms with Crippen LogP contribution in [0.5, 0.6) is 0 Å². The predicted molar refractivity (Wildman–Crippen MR) is 133 cm³/mol. The summed E-state index contributed by atoms with van der Waals surface area (Å²) in [6.07, 6.45) is 2.08. The molecule has 1 heterocycles. The molecule has 1 saturated heterocycles. The fourth-order valence-electron chi connectivity index (χ4n) is 3.64. The molecule has 1 aliphatic heterocycles. The first-order valence-corrected chi connectivity index (χ1v) is 12.3. The highest BCUT2D eigenvalue weighted by atomic mass is 127. The molecule has 166 valence electrons. The van der Waals surface area contributed by atoms with Gasteiger partial charge in [0.15, 0.2) is 15.8 Å². The summed E-state index contributed by atoms with van der Waals surface area (Å²) in [4.78, 5) is 7.09. The summed E-state index contributed by atoms with van der Waals surface area (Å²) in [5.41, 5.74) is 1.39. The summed E-state index contributed by atoms with van der Waals surface area (Å²) in [5, 5.41) is 6.74. The second-order valence-electron chi connectivity index (χ2n) is 7.47. The smallest absolute Gasteiger partial charge is 0.191 e. The lowest BCUT2D eigenvalue weighted by atomic mass is 9.76. The molecule has 1 fully saturated rings. The summed E-state index contributed by atoms with van der Waals surface area (Å²) in [6, 6.07) is 10.7. The van der Waals surface area contributed by atoms with E-state index in [0.717, 1.165) is 45.0 Å². The van der Waals surface area contributed by atoms with Crippen LogP contribution in [-0.4, -0.2) is 70.1 Å². The molecule has 0 saturated carbocycles. The van der Waals surface area contributed by atoms with Crippen molar-refractivity contribution in [2.45, 2.75) is 39.0 Å². The number of hydrogen-bond donors (Lipinski definition) is 2. The molecule has 2 rings (SSSR count). The Morgan fingerprint density at radius 3 is 2.24 bits per heavy atom. The molecule has 6 nitrogen and oxygen atoms in total. The normalized spacial score (nSPS) is 17.4. The monoisotopic (exact) mass is 536 g/mol. The average molecular weight is 537 g/mol. The molecular weight excluding hydrogens is 499 g/mol. The largest absolute Gasteiger partial charge is 0.357 e. The van der Waals surface area contributed by atoms with Gasteiger partial charge in [-0.15, -0.1) is 24.0 Å². The van der Waals surface area contributed by atoms with Crippen LogP contribution in [-0.2, 0) is 15.3 Å². The van der Waals surface area contributed by atoms with Gasteiger partial charge in [0, 0.05) is 38.1 Å². The van der Waals surface area contributed by atoms with Gasteiger partial charge in [0.05, 0.1) is 18.1 Å². The van der Waals surface area contributed by atoms with E-state index in [4.69, 9.17) is 4.99 Å². The van der Waals surface area contributed by atoms with Crippen molar-refractivity contribution in [3.63, 3.8) is 0 Å². The molecular formula is C21H37IN4O2S. The molecule has 29 heavy (non-hydrogen) atoms. The van der Waals surface area contributed by atoms with E-state index in [1.165, 1.54) is 5.56 Å². The van der Waals surface area contributed by atoms with Crippen molar-refractivity contribution in [1.82, 2.24) is 15.5 Å². The van der Waals surface area contributed by atoms with Gasteiger partial charge < -0.3 is 10.6 Å². The highest BCUT2D eigenvalue weighted by Crippen LogP contribution is 2.31. The first-order chi connectivity index (χ1) is 13.4. The summed E-state index contributed by atoms with van der Waals surface area (Å²) < 4.78 is 23.1. The van der Waals surface area contributed by atoms with Gasteiger partial charge in [0.2, 0.25) is 0 Å². The van der Waals surface area contributed by atoms with Crippen molar-refractivity contribution in [3.8, 4) is 0 Å². The molecule has 0 bridgehead atoms. The number of sulfone groups is 1. The fraction of sp³-hybridized carbons (Fsp3) is 0.667. The van der Waals surface area contributed by atoms with Crippen LogP contribution in [0.15, 0.2) is 35.3 Å². The van der Waals surface area contributed by atoms with Gasteiger partial charge in [-0.2, -0.15) is 0 Å². The lowest BCUT2D eigenvalue weighted by molar-refractivity contribution is 0.299. The minimum atomic E-state index is -2.82. The van der Waals surface area contributed by atoms with Gasteiger partial charge in [-0.3, -0.25) is 9.89 Å². The average Bonchev–Trinajstić information content (AvgIpc) is 2.71. The third-order valence-corrected chi connectivity index (χ3v) is 7.39. The summed E-state index contributed by atoms with van der Waals surface area (Å²) in [5.74, 6) is 1.37. The van der Waals surface area contributed by atoms with Gasteiger partial charge in [-0.25, -0.2) is 8.42 Å². The van der Waals surface area contributed by atoms with E-state index in [-0.39, 0.29) is 40.9 Å². The minimum absolute atomic E-state index is 0. The van der Waals surface area contributed by atoms with Gasteiger partial charge in [-0.05, 0) is 25.3 Å². The second kappa shape index (κ2) is 12.7. The van der Waals surface area contributed by atoms with E-state index in [1.54, 1.807) is 0 Å². The molecule has 0 aromatic heterocycles. The standard InChI is InChI=1S/C21H36N4O2S.HI/c1-4-21(5-2,19-10-8-7-9-11-19)18-24-20(22-6-3)23-12-13-25-14-16-28(26,27)17-15-25;/h7-11H,4-6,12-18H2,1-3H3,(H2,22,23,24);1H. The van der Waals surface area contributed by atoms with Crippen molar-refractivity contribution >= 4 is 39.8 Å². The maximum Gasteiger partial charge on any atom is 0.191 e. The third kappa shape index (κ3) is 8.05. The Bertz CT molecular complexity index is 707. The summed E-state index contributed by atoms with van der Waals surface area (Å²) in [7, 11) is -2.82. The van der Waals surface area contributed by atoms with Crippen LogP contribution < -0.4 is 10.6 Å². The van der Waals surface area contributed by atoms with E-state index in [0.29, 0.717) is 13.1 Å². The van der Waals surface area contributed by atoms with Crippen LogP contribution in [0.4, 0.5) is 0 Å². The number of halogens is 1. The molecule has 8 heteroatoms. The Kier molecular flexibility index (Phi) is 11.5. The molecule has 0 radical (unpaired) electrons. The number of aliphatic imine (C=N–C) groups is 1. The highest BCUT2D eigenvalue weighted by Gasteiger charge is 2.28. The van der Waals surface area contributed by atoms with Crippen LogP contribution in [0.2, 0.25) is 0 Å². The molecule has 0 amide bonds. The van der Waals surface area contributed by atoms with Crippen LogP contribution in [0.3, 0.4) is 0 Å². The van der Waals surface area contributed by atoms with Gasteiger partial charge in [0.25, 0.3) is 0 Å². The molecule has 1 aromatic carbocycles. The van der Waals surface area contributed by atoms with Gasteiger partial charge in [-0.1, -0.05) is 44.2 Å². The van der Waals surface area contributed by atoms with Gasteiger partial charge in [0.1, 0.15) is 0 Å². The SMILES string of the molecule is CCNC(=NCC(CC)(CC)c1ccccc1)NCCN1CCS(=O)(=O)CC1.I. The molecule has 1 aromatic rings. The van der Waals surface area contributed by atoms with Crippen molar-refractivity contribution in [2.75, 3.05) is 50.8 Å². The van der Waals surface area contributed by atoms with Crippen molar-refractivity contribution in [3.05, 3.63) is 35.9 Å². The quantitative estimate of drug-likeness (QED) is 0.289. The second-order valence-corrected chi connectivity index (χ2v) is 9.77. The van der Waals surface area contributed by atoms with E-state index < -0.39 is 9.84 Å². The first-order valence-electron chi connectivity index (χ1n) is 10.4. The Hall–Kier alpha value is -0.870. The summed E-state index contributed by atoms with van der Waals surface area (Å²) >= 11 is 0. The number of benzene rings is 1. The van der Waals surface area contributed by atoms with Crippen molar-refractivity contribution in [2.24, 2.45) is 4.99 Å². The van der Waals surface area contributed by atoms with E-state index in [9.17, 15) is 8.42 Å². The van der Waals surface area contributed by atoms with E-state index >= 15 is 0 Å². The molecule has 0 spiro atoms. The molecule has 1 aliphatic rings. The maximum atomic E-state index is 11.5. The zero-order valence-corrected chi connectivity index (χ0v) is 21.1. The summed E-state index contributed by atoms with van der Waals surface area (Å²) in [6.45, 7) is 10.9. The fourth-order valence-corrected chi connectivity index (χ4v) is 4.92. The minimum Gasteiger partial charge on any atom is -0.357 e. The lowest BCUT2D eigenvalue weighted by Gasteiger charge is -2.31. The van der Waals surface area contributed by atoms with Crippen molar-refractivity contribution in [1.29, 1.82) is 0 Å². The van der Waals surface area contributed by atoms with E-state index in [2.05, 4.69) is 66.6 Å². The predicted octanol–water partition coefficient (Wildman–Crippen LogP) is 2.65. The number of nitrogens with zero attached hydrogens (tertiary/aromatic N) is 2. The maximum absolute atomic E-state index is 11.5. The number of rotatable bonds is 9. The Morgan fingerprint density at radius 1 is 1.07 bits per heavy atom. The number of nitrogens with one attached hydrogen (secondary N) is 2. The van der Waals surface area contributed by atoms with Crippen LogP contribution in [0.25, 0.3) is 0 Å². The van der Waals surface area contributed by atoms with Gasteiger partial charge >= 0.3 is 0 Å². The molecule has 0 unspecified atom stereocenters. The lowest BCUT2D eigenvalue weighted by Crippen LogP contribution is -2.46. The zero-order chi connectivity index (χ0) is 20.5. The van der Waals surface area contributed by atoms with Crippen LogP contribution >= 0.6 is 24.0 Å². The Labute approximate surface area is 193 Å². The third-order valence-electron chi connectivity index (χ3n) is 5.78.